The Bertz CT molecular complexity index is 1300. The number of hydrogen-bond acceptors (Lipinski definition) is 2. The molecule has 39 heavy (non-hydrogen) atoms. The molecule has 0 saturated carbocycles. The topological polar surface area (TPSA) is 40.5 Å². The van der Waals surface area contributed by atoms with Crippen molar-refractivity contribution in [1.29, 1.82) is 0 Å². The fraction of sp³-hybridized carbons (Fsp3) is 0.387. The normalized spacial score (nSPS) is 16.3. The predicted molar refractivity (Wildman–Crippen MR) is 140 cm³/mol. The smallest absolute Gasteiger partial charge is 0.416 e. The molecule has 3 aromatic carbocycles. The second kappa shape index (κ2) is 11.9. The maximum absolute atomic E-state index is 14.4. The van der Waals surface area contributed by atoms with E-state index in [0.717, 1.165) is 43.5 Å². The molecule has 0 aromatic heterocycles. The summed E-state index contributed by atoms with van der Waals surface area (Å²) >= 11 is 0. The standard InChI is InChI=1S/C31H32F5NO2/c1-19(2)16-26(30(38)39)21-8-12-24(25(17-21)20-6-10-23(11-7-20)31(34,35)36)29(37-14-4-3-5-15-37)22-9-13-27(32)28(33)18-22/h6-13,17-19,26,29H,3-5,14-16H2,1-2H3,(H,38,39). The van der Waals surface area contributed by atoms with Crippen LogP contribution in [0, 0.1) is 17.6 Å². The zero-order valence-electron chi connectivity index (χ0n) is 21.9. The third-order valence-electron chi connectivity index (χ3n) is 7.32. The van der Waals surface area contributed by atoms with Crippen LogP contribution in [0.5, 0.6) is 0 Å². The number of carboxylic acid groups (broad SMARTS) is 1. The van der Waals surface area contributed by atoms with Gasteiger partial charge in [0.2, 0.25) is 0 Å². The van der Waals surface area contributed by atoms with E-state index in [4.69, 9.17) is 0 Å². The molecule has 0 radical (unpaired) electrons. The van der Waals surface area contributed by atoms with E-state index >= 15 is 0 Å². The average Bonchev–Trinajstić information content (AvgIpc) is 2.90. The predicted octanol–water partition coefficient (Wildman–Crippen LogP) is 8.44. The molecule has 2 unspecified atom stereocenters. The van der Waals surface area contributed by atoms with Gasteiger partial charge in [0, 0.05) is 0 Å². The van der Waals surface area contributed by atoms with Crippen LogP contribution in [-0.4, -0.2) is 29.1 Å². The molecule has 1 fully saturated rings. The Labute approximate surface area is 225 Å². The molecule has 4 rings (SSSR count). The quantitative estimate of drug-likeness (QED) is 0.289. The van der Waals surface area contributed by atoms with Crippen molar-refractivity contribution in [3.05, 3.63) is 94.6 Å². The van der Waals surface area contributed by atoms with Gasteiger partial charge in [-0.1, -0.05) is 50.6 Å². The number of halogens is 5. The van der Waals surface area contributed by atoms with Crippen molar-refractivity contribution in [2.45, 2.75) is 57.7 Å². The molecule has 3 nitrogen and oxygen atoms in total. The summed E-state index contributed by atoms with van der Waals surface area (Å²) in [7, 11) is 0. The maximum Gasteiger partial charge on any atom is 0.416 e. The summed E-state index contributed by atoms with van der Waals surface area (Å²) in [6.07, 6.45) is -1.23. The third kappa shape index (κ3) is 6.67. The van der Waals surface area contributed by atoms with Crippen molar-refractivity contribution in [2.24, 2.45) is 5.92 Å². The Hall–Kier alpha value is -3.26. The summed E-state index contributed by atoms with van der Waals surface area (Å²) in [6.45, 7) is 5.28. The minimum atomic E-state index is -4.50. The summed E-state index contributed by atoms with van der Waals surface area (Å²) in [6, 6.07) is 13.3. The third-order valence-corrected chi connectivity index (χ3v) is 7.32. The molecular weight excluding hydrogens is 513 g/mol. The second-order valence-corrected chi connectivity index (χ2v) is 10.6. The summed E-state index contributed by atoms with van der Waals surface area (Å²) in [5, 5.41) is 9.97. The Kier molecular flexibility index (Phi) is 8.74. The van der Waals surface area contributed by atoms with Crippen molar-refractivity contribution in [3.63, 3.8) is 0 Å². The number of rotatable bonds is 8. The molecule has 1 heterocycles. The summed E-state index contributed by atoms with van der Waals surface area (Å²) in [4.78, 5) is 14.4. The maximum atomic E-state index is 14.4. The van der Waals surface area contributed by atoms with Gasteiger partial charge >= 0.3 is 12.1 Å². The van der Waals surface area contributed by atoms with Gasteiger partial charge in [-0.25, -0.2) is 8.78 Å². The van der Waals surface area contributed by atoms with Gasteiger partial charge in [0.1, 0.15) is 0 Å². The molecule has 3 aromatic rings. The number of likely N-dealkylation sites (tertiary alicyclic amines) is 1. The highest BCUT2D eigenvalue weighted by Gasteiger charge is 2.32. The molecule has 8 heteroatoms. The van der Waals surface area contributed by atoms with Gasteiger partial charge in [0.05, 0.1) is 17.5 Å². The first-order chi connectivity index (χ1) is 18.5. The highest BCUT2D eigenvalue weighted by atomic mass is 19.4. The number of carboxylic acids is 1. The molecule has 0 bridgehead atoms. The zero-order chi connectivity index (χ0) is 28.3. The van der Waals surface area contributed by atoms with E-state index in [1.165, 1.54) is 18.2 Å². The molecule has 2 atom stereocenters. The molecular formula is C31H32F5NO2. The van der Waals surface area contributed by atoms with Gasteiger partial charge in [0.25, 0.3) is 0 Å². The summed E-state index contributed by atoms with van der Waals surface area (Å²) in [5.41, 5.74) is 2.02. The van der Waals surface area contributed by atoms with E-state index < -0.39 is 41.3 Å². The van der Waals surface area contributed by atoms with Gasteiger partial charge in [-0.3, -0.25) is 9.69 Å². The molecule has 0 amide bonds. The first-order valence-electron chi connectivity index (χ1n) is 13.2. The van der Waals surface area contributed by atoms with E-state index in [1.54, 1.807) is 18.2 Å². The van der Waals surface area contributed by atoms with Crippen LogP contribution in [0.15, 0.2) is 60.7 Å². The van der Waals surface area contributed by atoms with Crippen molar-refractivity contribution in [3.8, 4) is 11.1 Å². The Balaban J connectivity index is 1.93. The molecule has 208 valence electrons. The van der Waals surface area contributed by atoms with Gasteiger partial charge < -0.3 is 5.11 Å². The SMILES string of the molecule is CC(C)CC(C(=O)O)c1ccc(C(c2ccc(F)c(F)c2)N2CCCCC2)c(-c2ccc(C(F)(F)F)cc2)c1. The fourth-order valence-electron chi connectivity index (χ4n) is 5.41. The van der Waals surface area contributed by atoms with E-state index in [2.05, 4.69) is 4.90 Å². The van der Waals surface area contributed by atoms with Crippen LogP contribution in [0.3, 0.4) is 0 Å². The molecule has 1 aliphatic rings. The summed E-state index contributed by atoms with van der Waals surface area (Å²) < 4.78 is 68.2. The molecule has 1 N–H and O–H groups in total. The van der Waals surface area contributed by atoms with Gasteiger partial charge in [-0.2, -0.15) is 13.2 Å². The number of piperidine rings is 1. The van der Waals surface area contributed by atoms with Crippen LogP contribution in [0.1, 0.15) is 73.7 Å². The van der Waals surface area contributed by atoms with E-state index in [0.29, 0.717) is 47.3 Å². The largest absolute Gasteiger partial charge is 0.481 e. The average molecular weight is 546 g/mol. The number of carbonyl (C=O) groups is 1. The van der Waals surface area contributed by atoms with Crippen LogP contribution in [0.2, 0.25) is 0 Å². The lowest BCUT2D eigenvalue weighted by Crippen LogP contribution is -2.34. The Morgan fingerprint density at radius 2 is 1.51 bits per heavy atom. The van der Waals surface area contributed by atoms with Crippen LogP contribution in [0.4, 0.5) is 22.0 Å². The van der Waals surface area contributed by atoms with Gasteiger partial charge in [0.15, 0.2) is 11.6 Å². The number of aliphatic carboxylic acids is 1. The lowest BCUT2D eigenvalue weighted by atomic mass is 9.83. The van der Waals surface area contributed by atoms with Crippen LogP contribution < -0.4 is 0 Å². The minimum absolute atomic E-state index is 0.101. The van der Waals surface area contributed by atoms with Crippen molar-refractivity contribution < 1.29 is 31.9 Å². The monoisotopic (exact) mass is 545 g/mol. The first kappa shape index (κ1) is 28.7. The van der Waals surface area contributed by atoms with Gasteiger partial charge in [-0.05, 0) is 96.4 Å². The molecule has 0 aliphatic carbocycles. The van der Waals surface area contributed by atoms with Crippen molar-refractivity contribution >= 4 is 5.97 Å². The Morgan fingerprint density at radius 1 is 0.872 bits per heavy atom. The van der Waals surface area contributed by atoms with Crippen molar-refractivity contribution in [2.75, 3.05) is 13.1 Å². The number of hydrogen-bond donors (Lipinski definition) is 1. The van der Waals surface area contributed by atoms with Crippen LogP contribution >= 0.6 is 0 Å². The summed E-state index contributed by atoms with van der Waals surface area (Å²) in [5.74, 6) is -3.63. The Morgan fingerprint density at radius 3 is 2.08 bits per heavy atom. The van der Waals surface area contributed by atoms with E-state index in [-0.39, 0.29) is 5.92 Å². The number of alkyl halides is 3. The second-order valence-electron chi connectivity index (χ2n) is 10.6. The zero-order valence-corrected chi connectivity index (χ0v) is 21.9. The first-order valence-corrected chi connectivity index (χ1v) is 13.2. The lowest BCUT2D eigenvalue weighted by Gasteiger charge is -2.36. The van der Waals surface area contributed by atoms with E-state index in [9.17, 15) is 31.9 Å². The van der Waals surface area contributed by atoms with E-state index in [1.807, 2.05) is 13.8 Å². The molecule has 1 aliphatic heterocycles. The molecule has 0 spiro atoms. The fourth-order valence-corrected chi connectivity index (χ4v) is 5.41. The number of benzene rings is 3. The van der Waals surface area contributed by atoms with Crippen molar-refractivity contribution in [1.82, 2.24) is 4.90 Å². The lowest BCUT2D eigenvalue weighted by molar-refractivity contribution is -0.139. The van der Waals surface area contributed by atoms with Crippen LogP contribution in [-0.2, 0) is 11.0 Å². The van der Waals surface area contributed by atoms with Crippen LogP contribution in [0.25, 0.3) is 11.1 Å². The molecule has 1 saturated heterocycles. The van der Waals surface area contributed by atoms with Gasteiger partial charge in [-0.15, -0.1) is 0 Å². The highest BCUT2D eigenvalue weighted by Crippen LogP contribution is 2.40. The highest BCUT2D eigenvalue weighted by molar-refractivity contribution is 5.78. The minimum Gasteiger partial charge on any atom is -0.481 e. The number of nitrogens with zero attached hydrogens (tertiary/aromatic N) is 1.